The summed E-state index contributed by atoms with van der Waals surface area (Å²) in [6, 6.07) is 26.4. The molecular formula is C19H13NO. The minimum atomic E-state index is 0.663. The van der Waals surface area contributed by atoms with Gasteiger partial charge in [0, 0.05) is 5.56 Å². The predicted octanol–water partition coefficient (Wildman–Crippen LogP) is 5.16. The Bertz CT molecular complexity index is 842. The summed E-state index contributed by atoms with van der Waals surface area (Å²) in [5.41, 5.74) is 5.01. The molecule has 0 N–H and O–H groups in total. The first kappa shape index (κ1) is 11.9. The van der Waals surface area contributed by atoms with Crippen LogP contribution in [0.2, 0.25) is 0 Å². The zero-order valence-electron chi connectivity index (χ0n) is 11.4. The molecule has 21 heavy (non-hydrogen) atoms. The van der Waals surface area contributed by atoms with E-state index in [0.717, 1.165) is 22.2 Å². The highest BCUT2D eigenvalue weighted by Gasteiger charge is 2.08. The van der Waals surface area contributed by atoms with E-state index in [2.05, 4.69) is 23.2 Å². The second-order valence-electron chi connectivity index (χ2n) is 4.93. The van der Waals surface area contributed by atoms with Gasteiger partial charge in [-0.15, -0.1) is 0 Å². The lowest BCUT2D eigenvalue weighted by molar-refractivity contribution is 0.620. The van der Waals surface area contributed by atoms with Crippen molar-refractivity contribution < 1.29 is 4.42 Å². The van der Waals surface area contributed by atoms with Gasteiger partial charge >= 0.3 is 0 Å². The molecular weight excluding hydrogens is 259 g/mol. The van der Waals surface area contributed by atoms with Crippen LogP contribution < -0.4 is 0 Å². The van der Waals surface area contributed by atoms with Gasteiger partial charge in [0.15, 0.2) is 5.58 Å². The summed E-state index contributed by atoms with van der Waals surface area (Å²) >= 11 is 0. The fourth-order valence-electron chi connectivity index (χ4n) is 2.44. The molecule has 1 aromatic heterocycles. The Balaban J connectivity index is 1.82. The third-order valence-corrected chi connectivity index (χ3v) is 3.52. The molecule has 0 aliphatic carbocycles. The SMILES string of the molecule is c1ccc(-c2ccc3n[13c](-c4ccccc4)oc3c2)cc1. The number of aromatic nitrogens is 1. The molecule has 0 amide bonds. The molecule has 100 valence electrons. The molecule has 0 spiro atoms. The second kappa shape index (κ2) is 4.91. The largest absolute Gasteiger partial charge is 0.436 e. The molecule has 2 heteroatoms. The van der Waals surface area contributed by atoms with Crippen LogP contribution in [0, 0.1) is 0 Å². The van der Waals surface area contributed by atoms with Crippen molar-refractivity contribution in [3.8, 4) is 22.6 Å². The topological polar surface area (TPSA) is 26.0 Å². The summed E-state index contributed by atoms with van der Waals surface area (Å²) < 4.78 is 5.91. The van der Waals surface area contributed by atoms with Crippen LogP contribution in [-0.2, 0) is 0 Å². The second-order valence-corrected chi connectivity index (χ2v) is 4.93. The fraction of sp³-hybridized carbons (Fsp3) is 0. The van der Waals surface area contributed by atoms with Crippen LogP contribution in [0.25, 0.3) is 33.7 Å². The van der Waals surface area contributed by atoms with Gasteiger partial charge in [0.1, 0.15) is 5.52 Å². The van der Waals surface area contributed by atoms with E-state index < -0.39 is 0 Å². The summed E-state index contributed by atoms with van der Waals surface area (Å²) in [7, 11) is 0. The lowest BCUT2D eigenvalue weighted by Gasteiger charge is -1.99. The molecule has 1 heterocycles. The maximum atomic E-state index is 5.91. The van der Waals surface area contributed by atoms with Gasteiger partial charge in [-0.1, -0.05) is 54.6 Å². The van der Waals surface area contributed by atoms with Crippen LogP contribution >= 0.6 is 0 Å². The summed E-state index contributed by atoms with van der Waals surface area (Å²) in [6.07, 6.45) is 0. The number of hydrogen-bond acceptors (Lipinski definition) is 2. The van der Waals surface area contributed by atoms with Crippen molar-refractivity contribution >= 4 is 11.1 Å². The molecule has 4 rings (SSSR count). The van der Waals surface area contributed by atoms with Crippen molar-refractivity contribution in [3.63, 3.8) is 0 Å². The third-order valence-electron chi connectivity index (χ3n) is 3.52. The maximum absolute atomic E-state index is 5.91. The van der Waals surface area contributed by atoms with E-state index >= 15 is 0 Å². The highest BCUT2D eigenvalue weighted by atomic mass is 16.4. The van der Waals surface area contributed by atoms with Gasteiger partial charge in [0.2, 0.25) is 5.89 Å². The minimum Gasteiger partial charge on any atom is -0.436 e. The molecule has 0 saturated heterocycles. The molecule has 0 fully saturated rings. The van der Waals surface area contributed by atoms with E-state index in [9.17, 15) is 0 Å². The van der Waals surface area contributed by atoms with E-state index in [1.54, 1.807) is 0 Å². The van der Waals surface area contributed by atoms with Gasteiger partial charge in [0.25, 0.3) is 0 Å². The van der Waals surface area contributed by atoms with E-state index in [0.29, 0.717) is 5.89 Å². The maximum Gasteiger partial charge on any atom is 0.227 e. The molecule has 4 aromatic rings. The first-order valence-corrected chi connectivity index (χ1v) is 6.91. The quantitative estimate of drug-likeness (QED) is 0.503. The van der Waals surface area contributed by atoms with E-state index in [1.165, 1.54) is 5.56 Å². The number of oxazole rings is 1. The van der Waals surface area contributed by atoms with Crippen molar-refractivity contribution in [2.24, 2.45) is 0 Å². The average molecular weight is 272 g/mol. The Hall–Kier alpha value is -2.87. The van der Waals surface area contributed by atoms with Crippen LogP contribution in [-0.4, -0.2) is 4.98 Å². The van der Waals surface area contributed by atoms with Crippen molar-refractivity contribution in [1.82, 2.24) is 4.98 Å². The molecule has 3 aromatic carbocycles. The third kappa shape index (κ3) is 2.21. The Labute approximate surface area is 122 Å². The zero-order chi connectivity index (χ0) is 14.1. The summed E-state index contributed by atoms with van der Waals surface area (Å²) in [4.78, 5) is 4.55. The molecule has 0 unspecified atom stereocenters. The molecule has 2 nitrogen and oxygen atoms in total. The smallest absolute Gasteiger partial charge is 0.227 e. The predicted molar refractivity (Wildman–Crippen MR) is 84.9 cm³/mol. The van der Waals surface area contributed by atoms with Crippen molar-refractivity contribution in [2.75, 3.05) is 0 Å². The van der Waals surface area contributed by atoms with Crippen molar-refractivity contribution in [3.05, 3.63) is 78.9 Å². The van der Waals surface area contributed by atoms with E-state index in [4.69, 9.17) is 4.42 Å². The average Bonchev–Trinajstić information content (AvgIpc) is 2.99. The lowest BCUT2D eigenvalue weighted by atomic mass is 10.1. The Morgan fingerprint density at radius 1 is 0.619 bits per heavy atom. The Morgan fingerprint density at radius 2 is 1.29 bits per heavy atom. The standard InChI is InChI=1S/C19H13NO/c1-3-7-14(8-4-1)16-11-12-17-18(13-16)21-19(20-17)15-9-5-2-6-10-15/h1-13H/i19+1. The zero-order valence-corrected chi connectivity index (χ0v) is 11.4. The van der Waals surface area contributed by atoms with Gasteiger partial charge in [0.05, 0.1) is 0 Å². The molecule has 0 bridgehead atoms. The first-order valence-electron chi connectivity index (χ1n) is 6.91. The summed E-state index contributed by atoms with van der Waals surface area (Å²) in [5, 5.41) is 0. The van der Waals surface area contributed by atoms with Gasteiger partial charge in [-0.05, 0) is 35.4 Å². The Morgan fingerprint density at radius 3 is 2.00 bits per heavy atom. The molecule has 0 atom stereocenters. The number of rotatable bonds is 2. The van der Waals surface area contributed by atoms with Gasteiger partial charge in [-0.2, -0.15) is 0 Å². The normalized spacial score (nSPS) is 10.9. The number of benzene rings is 3. The van der Waals surface area contributed by atoms with Crippen LogP contribution in [0.5, 0.6) is 0 Å². The minimum absolute atomic E-state index is 0.663. The van der Waals surface area contributed by atoms with Crippen LogP contribution in [0.1, 0.15) is 0 Å². The Kier molecular flexibility index (Phi) is 2.79. The number of hydrogen-bond donors (Lipinski definition) is 0. The van der Waals surface area contributed by atoms with Gasteiger partial charge in [-0.25, -0.2) is 4.98 Å². The summed E-state index contributed by atoms with van der Waals surface area (Å²) in [5.74, 6) is 0.663. The van der Waals surface area contributed by atoms with Crippen molar-refractivity contribution in [1.29, 1.82) is 0 Å². The lowest BCUT2D eigenvalue weighted by Crippen LogP contribution is -1.76. The van der Waals surface area contributed by atoms with Gasteiger partial charge in [-0.3, -0.25) is 0 Å². The van der Waals surface area contributed by atoms with Crippen LogP contribution in [0.3, 0.4) is 0 Å². The highest BCUT2D eigenvalue weighted by Crippen LogP contribution is 2.28. The number of fused-ring (bicyclic) bond motifs is 1. The van der Waals surface area contributed by atoms with E-state index in [-0.39, 0.29) is 0 Å². The van der Waals surface area contributed by atoms with Crippen molar-refractivity contribution in [2.45, 2.75) is 0 Å². The first-order chi connectivity index (χ1) is 10.4. The van der Waals surface area contributed by atoms with Crippen LogP contribution in [0.4, 0.5) is 0 Å². The van der Waals surface area contributed by atoms with E-state index in [1.807, 2.05) is 60.7 Å². The van der Waals surface area contributed by atoms with Gasteiger partial charge < -0.3 is 4.42 Å². The monoisotopic (exact) mass is 272 g/mol. The highest BCUT2D eigenvalue weighted by molar-refractivity contribution is 5.82. The van der Waals surface area contributed by atoms with Crippen LogP contribution in [0.15, 0.2) is 83.3 Å². The summed E-state index contributed by atoms with van der Waals surface area (Å²) in [6.45, 7) is 0. The molecule has 0 radical (unpaired) electrons. The number of nitrogens with zero attached hydrogens (tertiary/aromatic N) is 1. The molecule has 0 aliphatic rings. The molecule has 0 aliphatic heterocycles. The molecule has 0 saturated carbocycles. The fourth-order valence-corrected chi connectivity index (χ4v) is 2.44.